The second-order valence-electron chi connectivity index (χ2n) is 5.81. The van der Waals surface area contributed by atoms with Crippen LogP contribution in [0.25, 0.3) is 0 Å². The van der Waals surface area contributed by atoms with Gasteiger partial charge >= 0.3 is 5.97 Å². The van der Waals surface area contributed by atoms with Crippen molar-refractivity contribution in [1.82, 2.24) is 4.98 Å². The van der Waals surface area contributed by atoms with Crippen molar-refractivity contribution in [2.75, 3.05) is 29.9 Å². The minimum atomic E-state index is -0.461. The summed E-state index contributed by atoms with van der Waals surface area (Å²) < 4.78 is 5.03. The summed E-state index contributed by atoms with van der Waals surface area (Å²) in [7, 11) is 0. The number of para-hydroxylation sites is 1. The van der Waals surface area contributed by atoms with Gasteiger partial charge in [-0.3, -0.25) is 9.78 Å². The summed E-state index contributed by atoms with van der Waals surface area (Å²) >= 11 is 0. The number of carbonyl (C=O) groups excluding carboxylic acids is 2. The van der Waals surface area contributed by atoms with E-state index < -0.39 is 5.97 Å². The fourth-order valence-corrected chi connectivity index (χ4v) is 2.88. The van der Waals surface area contributed by atoms with Gasteiger partial charge in [-0.1, -0.05) is 12.1 Å². The van der Waals surface area contributed by atoms with Gasteiger partial charge in [-0.25, -0.2) is 4.79 Å². The first-order valence-corrected chi connectivity index (χ1v) is 8.47. The Balaban J connectivity index is 1.79. The van der Waals surface area contributed by atoms with Crippen LogP contribution in [0.5, 0.6) is 0 Å². The molecule has 0 saturated carbocycles. The van der Waals surface area contributed by atoms with Crippen LogP contribution < -0.4 is 10.2 Å². The van der Waals surface area contributed by atoms with Crippen LogP contribution in [0.2, 0.25) is 0 Å². The second-order valence-corrected chi connectivity index (χ2v) is 5.81. The Morgan fingerprint density at radius 2 is 1.96 bits per heavy atom. The molecule has 130 valence electrons. The standard InChI is InChI=1S/C19H21N3O3/c1-2-25-19(24)15-7-3-4-8-16(15)21-18(23)17-13-14(9-10-20-17)22-11-5-6-12-22/h3-4,7-10,13H,2,5-6,11-12H2,1H3,(H,21,23). The average molecular weight is 339 g/mol. The lowest BCUT2D eigenvalue weighted by Gasteiger charge is -2.18. The number of pyridine rings is 1. The van der Waals surface area contributed by atoms with Crippen molar-refractivity contribution in [2.45, 2.75) is 19.8 Å². The maximum Gasteiger partial charge on any atom is 0.340 e. The molecule has 0 atom stereocenters. The molecule has 0 radical (unpaired) electrons. The predicted molar refractivity (Wildman–Crippen MR) is 96.0 cm³/mol. The number of aromatic nitrogens is 1. The van der Waals surface area contributed by atoms with Crippen LogP contribution in [0.4, 0.5) is 11.4 Å². The summed E-state index contributed by atoms with van der Waals surface area (Å²) in [6, 6.07) is 10.5. The maximum absolute atomic E-state index is 12.6. The molecule has 0 spiro atoms. The summed E-state index contributed by atoms with van der Waals surface area (Å²) in [6.07, 6.45) is 3.97. The van der Waals surface area contributed by atoms with Crippen molar-refractivity contribution < 1.29 is 14.3 Å². The van der Waals surface area contributed by atoms with Gasteiger partial charge in [0.25, 0.3) is 5.91 Å². The molecule has 1 aliphatic rings. The molecule has 1 fully saturated rings. The third-order valence-corrected chi connectivity index (χ3v) is 4.12. The number of rotatable bonds is 5. The van der Waals surface area contributed by atoms with E-state index in [1.165, 1.54) is 0 Å². The summed E-state index contributed by atoms with van der Waals surface area (Å²) in [5, 5.41) is 2.76. The number of esters is 1. The highest BCUT2D eigenvalue weighted by Crippen LogP contribution is 2.21. The zero-order valence-corrected chi connectivity index (χ0v) is 14.2. The van der Waals surface area contributed by atoms with Gasteiger partial charge in [-0.05, 0) is 44.0 Å². The molecule has 1 aliphatic heterocycles. The molecule has 0 unspecified atom stereocenters. The highest BCUT2D eigenvalue weighted by Gasteiger charge is 2.17. The number of hydrogen-bond donors (Lipinski definition) is 1. The minimum absolute atomic E-state index is 0.278. The van der Waals surface area contributed by atoms with E-state index in [4.69, 9.17) is 4.74 Å². The number of anilines is 2. The normalized spacial score (nSPS) is 13.6. The van der Waals surface area contributed by atoms with Gasteiger partial charge < -0.3 is 15.0 Å². The molecular formula is C19H21N3O3. The molecule has 1 N–H and O–H groups in total. The van der Waals surface area contributed by atoms with Crippen LogP contribution in [0.1, 0.15) is 40.6 Å². The summed E-state index contributed by atoms with van der Waals surface area (Å²) in [5.41, 5.74) is 2.06. The quantitative estimate of drug-likeness (QED) is 0.848. The van der Waals surface area contributed by atoms with Gasteiger partial charge in [0, 0.05) is 25.0 Å². The lowest BCUT2D eigenvalue weighted by Crippen LogP contribution is -2.20. The van der Waals surface area contributed by atoms with Crippen LogP contribution in [0.3, 0.4) is 0 Å². The van der Waals surface area contributed by atoms with Gasteiger partial charge in [-0.15, -0.1) is 0 Å². The SMILES string of the molecule is CCOC(=O)c1ccccc1NC(=O)c1cc(N2CCCC2)ccn1. The zero-order valence-electron chi connectivity index (χ0n) is 14.2. The number of nitrogens with one attached hydrogen (secondary N) is 1. The van der Waals surface area contributed by atoms with E-state index in [1.807, 2.05) is 6.07 Å². The highest BCUT2D eigenvalue weighted by molar-refractivity contribution is 6.07. The first-order valence-electron chi connectivity index (χ1n) is 8.47. The molecule has 2 aromatic rings. The lowest BCUT2D eigenvalue weighted by atomic mass is 10.1. The van der Waals surface area contributed by atoms with Gasteiger partial charge in [0.2, 0.25) is 0 Å². The topological polar surface area (TPSA) is 71.5 Å². The van der Waals surface area contributed by atoms with Crippen molar-refractivity contribution in [2.24, 2.45) is 0 Å². The van der Waals surface area contributed by atoms with Crippen LogP contribution in [0.15, 0.2) is 42.6 Å². The lowest BCUT2D eigenvalue weighted by molar-refractivity contribution is 0.0527. The summed E-state index contributed by atoms with van der Waals surface area (Å²) in [6.45, 7) is 4.01. The number of hydrogen-bond acceptors (Lipinski definition) is 5. The smallest absolute Gasteiger partial charge is 0.340 e. The first kappa shape index (κ1) is 17.0. The maximum atomic E-state index is 12.6. The summed E-state index contributed by atoms with van der Waals surface area (Å²) in [4.78, 5) is 31.0. The Labute approximate surface area is 146 Å². The molecule has 6 heteroatoms. The van der Waals surface area contributed by atoms with Crippen LogP contribution in [-0.4, -0.2) is 36.6 Å². The van der Waals surface area contributed by atoms with Crippen molar-refractivity contribution in [3.05, 3.63) is 53.9 Å². The number of amides is 1. The molecule has 6 nitrogen and oxygen atoms in total. The number of benzene rings is 1. The molecule has 1 amide bonds. The van der Waals surface area contributed by atoms with Crippen molar-refractivity contribution in [3.63, 3.8) is 0 Å². The third kappa shape index (κ3) is 3.96. The zero-order chi connectivity index (χ0) is 17.6. The van der Waals surface area contributed by atoms with Crippen LogP contribution >= 0.6 is 0 Å². The molecule has 0 aliphatic carbocycles. The average Bonchev–Trinajstić information content (AvgIpc) is 3.17. The van der Waals surface area contributed by atoms with Crippen molar-refractivity contribution in [3.8, 4) is 0 Å². The fraction of sp³-hybridized carbons (Fsp3) is 0.316. The number of carbonyl (C=O) groups is 2. The van der Waals surface area contributed by atoms with E-state index in [0.29, 0.717) is 16.9 Å². The van der Waals surface area contributed by atoms with Crippen molar-refractivity contribution >= 4 is 23.3 Å². The third-order valence-electron chi connectivity index (χ3n) is 4.12. The highest BCUT2D eigenvalue weighted by atomic mass is 16.5. The monoisotopic (exact) mass is 339 g/mol. The second kappa shape index (κ2) is 7.79. The molecule has 3 rings (SSSR count). The van der Waals surface area contributed by atoms with Gasteiger partial charge in [-0.2, -0.15) is 0 Å². The van der Waals surface area contributed by atoms with E-state index in [-0.39, 0.29) is 12.5 Å². The minimum Gasteiger partial charge on any atom is -0.462 e. The Morgan fingerprint density at radius 3 is 2.72 bits per heavy atom. The molecule has 1 aromatic heterocycles. The predicted octanol–water partition coefficient (Wildman–Crippen LogP) is 3.11. The van der Waals surface area contributed by atoms with E-state index in [1.54, 1.807) is 43.5 Å². The van der Waals surface area contributed by atoms with Crippen molar-refractivity contribution in [1.29, 1.82) is 0 Å². The molecule has 0 bridgehead atoms. The molecule has 1 saturated heterocycles. The van der Waals surface area contributed by atoms with Gasteiger partial charge in [0.05, 0.1) is 17.9 Å². The number of nitrogens with zero attached hydrogens (tertiary/aromatic N) is 2. The van der Waals surface area contributed by atoms with Crippen LogP contribution in [-0.2, 0) is 4.74 Å². The Kier molecular flexibility index (Phi) is 5.28. The van der Waals surface area contributed by atoms with Crippen LogP contribution in [0, 0.1) is 0 Å². The summed E-state index contributed by atoms with van der Waals surface area (Å²) in [5.74, 6) is -0.810. The Morgan fingerprint density at radius 1 is 1.20 bits per heavy atom. The Hall–Kier alpha value is -2.89. The van der Waals surface area contributed by atoms with E-state index in [9.17, 15) is 9.59 Å². The number of ether oxygens (including phenoxy) is 1. The largest absolute Gasteiger partial charge is 0.462 e. The van der Waals surface area contributed by atoms with E-state index >= 15 is 0 Å². The fourth-order valence-electron chi connectivity index (χ4n) is 2.88. The van der Waals surface area contributed by atoms with Gasteiger partial charge in [0.15, 0.2) is 0 Å². The van der Waals surface area contributed by atoms with Gasteiger partial charge in [0.1, 0.15) is 5.69 Å². The molecule has 2 heterocycles. The van der Waals surface area contributed by atoms with E-state index in [2.05, 4.69) is 15.2 Å². The molecule has 25 heavy (non-hydrogen) atoms. The molecular weight excluding hydrogens is 318 g/mol. The molecule has 1 aromatic carbocycles. The Bertz CT molecular complexity index is 770. The first-order chi connectivity index (χ1) is 12.2. The van der Waals surface area contributed by atoms with E-state index in [0.717, 1.165) is 31.6 Å².